The molecule has 4 rings (SSSR count). The Morgan fingerprint density at radius 2 is 1.47 bits per heavy atom. The lowest BCUT2D eigenvalue weighted by molar-refractivity contribution is 0.411. The van der Waals surface area contributed by atoms with E-state index >= 15 is 0 Å². The zero-order valence-electron chi connectivity index (χ0n) is 18.5. The maximum absolute atomic E-state index is 5.51. The fourth-order valence-electron chi connectivity index (χ4n) is 3.52. The minimum absolute atomic E-state index is 0.576. The van der Waals surface area contributed by atoms with E-state index in [1.54, 1.807) is 7.11 Å². The van der Waals surface area contributed by atoms with Crippen molar-refractivity contribution in [2.45, 2.75) is 20.4 Å². The molecule has 0 bridgehead atoms. The van der Waals surface area contributed by atoms with Crippen molar-refractivity contribution >= 4 is 5.95 Å². The molecule has 158 valence electrons. The monoisotopic (exact) mass is 419 g/mol. The van der Waals surface area contributed by atoms with Gasteiger partial charge in [0.05, 0.1) is 18.5 Å². The molecule has 0 fully saturated rings. The van der Waals surface area contributed by atoms with Crippen molar-refractivity contribution < 1.29 is 4.74 Å². The molecule has 0 atom stereocenters. The molecule has 1 N–H and O–H groups in total. The topological polar surface area (TPSA) is 47.0 Å². The van der Waals surface area contributed by atoms with Gasteiger partial charge >= 0.3 is 0 Å². The van der Waals surface area contributed by atoms with Gasteiger partial charge in [-0.2, -0.15) is 0 Å². The van der Waals surface area contributed by atoms with Crippen molar-refractivity contribution in [1.82, 2.24) is 9.97 Å². The summed E-state index contributed by atoms with van der Waals surface area (Å²) in [4.78, 5) is 9.56. The molecular formula is C28H25N3O. The van der Waals surface area contributed by atoms with Crippen LogP contribution in [0.5, 0.6) is 5.75 Å². The van der Waals surface area contributed by atoms with Gasteiger partial charge in [-0.15, -0.1) is 6.42 Å². The molecule has 0 aliphatic carbocycles. The largest absolute Gasteiger partial charge is 0.496 e. The average molecular weight is 420 g/mol. The van der Waals surface area contributed by atoms with Gasteiger partial charge in [-0.3, -0.25) is 0 Å². The van der Waals surface area contributed by atoms with Gasteiger partial charge in [-0.25, -0.2) is 9.97 Å². The Kier molecular flexibility index (Phi) is 6.19. The quantitative estimate of drug-likeness (QED) is 0.388. The first-order valence-corrected chi connectivity index (χ1v) is 10.5. The molecule has 0 unspecified atom stereocenters. The maximum Gasteiger partial charge on any atom is 0.224 e. The molecule has 0 saturated carbocycles. The summed E-state index contributed by atoms with van der Waals surface area (Å²) in [6.07, 6.45) is 5.51. The highest BCUT2D eigenvalue weighted by molar-refractivity contribution is 5.70. The predicted octanol–water partition coefficient (Wildman–Crippen LogP) is 6.03. The van der Waals surface area contributed by atoms with Gasteiger partial charge in [0.1, 0.15) is 5.75 Å². The Morgan fingerprint density at radius 3 is 2.03 bits per heavy atom. The second-order valence-electron chi connectivity index (χ2n) is 7.71. The van der Waals surface area contributed by atoms with Crippen LogP contribution in [0.25, 0.3) is 22.5 Å². The van der Waals surface area contributed by atoms with Gasteiger partial charge in [0.2, 0.25) is 5.95 Å². The number of anilines is 1. The van der Waals surface area contributed by atoms with Gasteiger partial charge in [0.25, 0.3) is 0 Å². The number of aryl methyl sites for hydroxylation is 2. The third-order valence-electron chi connectivity index (χ3n) is 5.33. The zero-order chi connectivity index (χ0) is 22.5. The van der Waals surface area contributed by atoms with Gasteiger partial charge in [-0.05, 0) is 49.2 Å². The molecule has 3 aromatic carbocycles. The fraction of sp³-hybridized carbons (Fsp3) is 0.143. The molecule has 1 heterocycles. The number of rotatable bonds is 6. The van der Waals surface area contributed by atoms with Crippen molar-refractivity contribution in [3.63, 3.8) is 0 Å². The van der Waals surface area contributed by atoms with Crippen molar-refractivity contribution in [3.05, 3.63) is 95.1 Å². The molecule has 0 amide bonds. The summed E-state index contributed by atoms with van der Waals surface area (Å²) < 4.78 is 5.36. The van der Waals surface area contributed by atoms with Crippen LogP contribution in [0.3, 0.4) is 0 Å². The van der Waals surface area contributed by atoms with E-state index in [4.69, 9.17) is 21.1 Å². The summed E-state index contributed by atoms with van der Waals surface area (Å²) in [5, 5.41) is 3.38. The number of nitrogens with zero attached hydrogens (tertiary/aromatic N) is 2. The van der Waals surface area contributed by atoms with Crippen LogP contribution in [0.4, 0.5) is 5.95 Å². The number of hydrogen-bond donors (Lipinski definition) is 1. The lowest BCUT2D eigenvalue weighted by atomic mass is 10.1. The number of hydrogen-bond acceptors (Lipinski definition) is 4. The van der Waals surface area contributed by atoms with Gasteiger partial charge in [-0.1, -0.05) is 60.0 Å². The van der Waals surface area contributed by atoms with E-state index in [1.165, 1.54) is 5.56 Å². The molecule has 0 radical (unpaired) electrons. The second kappa shape index (κ2) is 9.36. The molecule has 0 aliphatic rings. The Hall–Kier alpha value is -4.10. The summed E-state index contributed by atoms with van der Waals surface area (Å²) in [7, 11) is 1.68. The van der Waals surface area contributed by atoms with Crippen LogP contribution in [0.15, 0.2) is 72.8 Å². The van der Waals surface area contributed by atoms with Crippen LogP contribution in [0.2, 0.25) is 0 Å². The van der Waals surface area contributed by atoms with E-state index in [9.17, 15) is 0 Å². The Labute approximate surface area is 189 Å². The first kappa shape index (κ1) is 21.1. The van der Waals surface area contributed by atoms with E-state index in [2.05, 4.69) is 48.5 Å². The van der Waals surface area contributed by atoms with Crippen molar-refractivity contribution in [2.24, 2.45) is 0 Å². The highest BCUT2D eigenvalue weighted by Crippen LogP contribution is 2.26. The normalized spacial score (nSPS) is 10.4. The molecule has 4 heteroatoms. The molecule has 4 nitrogen and oxygen atoms in total. The van der Waals surface area contributed by atoms with Crippen LogP contribution in [-0.4, -0.2) is 17.1 Å². The summed E-state index contributed by atoms with van der Waals surface area (Å²) in [5.41, 5.74) is 8.02. The first-order valence-electron chi connectivity index (χ1n) is 10.5. The summed E-state index contributed by atoms with van der Waals surface area (Å²) in [5.74, 6) is 4.11. The van der Waals surface area contributed by atoms with E-state index < -0.39 is 0 Å². The number of terminal acetylenes is 1. The molecule has 1 aromatic heterocycles. The summed E-state index contributed by atoms with van der Waals surface area (Å²) in [6, 6.07) is 24.3. The SMILES string of the molecule is C#Cc1ccc(-c2cc(-c3ccc(C)cc3)nc(NCc3ccc(OC)c(C)c3)n2)cc1. The Balaban J connectivity index is 1.68. The van der Waals surface area contributed by atoms with Crippen LogP contribution in [0.1, 0.15) is 22.3 Å². The molecule has 0 saturated heterocycles. The molecule has 0 aliphatic heterocycles. The number of aromatic nitrogens is 2. The third kappa shape index (κ3) is 4.79. The van der Waals surface area contributed by atoms with Gasteiger partial charge in [0.15, 0.2) is 0 Å². The van der Waals surface area contributed by atoms with E-state index in [-0.39, 0.29) is 0 Å². The van der Waals surface area contributed by atoms with E-state index in [0.29, 0.717) is 12.5 Å². The Morgan fingerprint density at radius 1 is 0.844 bits per heavy atom. The first-order chi connectivity index (χ1) is 15.6. The highest BCUT2D eigenvalue weighted by atomic mass is 16.5. The lowest BCUT2D eigenvalue weighted by Crippen LogP contribution is -2.05. The van der Waals surface area contributed by atoms with Crippen LogP contribution < -0.4 is 10.1 Å². The fourth-order valence-corrected chi connectivity index (χ4v) is 3.52. The Bertz CT molecular complexity index is 1270. The maximum atomic E-state index is 5.51. The van der Waals surface area contributed by atoms with Crippen molar-refractivity contribution in [1.29, 1.82) is 0 Å². The predicted molar refractivity (Wildman–Crippen MR) is 131 cm³/mol. The van der Waals surface area contributed by atoms with Crippen LogP contribution in [-0.2, 0) is 6.54 Å². The second-order valence-corrected chi connectivity index (χ2v) is 7.71. The summed E-state index contributed by atoms with van der Waals surface area (Å²) >= 11 is 0. The van der Waals surface area contributed by atoms with E-state index in [1.807, 2.05) is 49.4 Å². The molecular weight excluding hydrogens is 394 g/mol. The zero-order valence-corrected chi connectivity index (χ0v) is 18.5. The van der Waals surface area contributed by atoms with Gasteiger partial charge in [0, 0.05) is 23.2 Å². The van der Waals surface area contributed by atoms with E-state index in [0.717, 1.165) is 45.0 Å². The molecule has 4 aromatic rings. The van der Waals surface area contributed by atoms with Crippen molar-refractivity contribution in [2.75, 3.05) is 12.4 Å². The summed E-state index contributed by atoms with van der Waals surface area (Å²) in [6.45, 7) is 4.72. The third-order valence-corrected chi connectivity index (χ3v) is 5.33. The number of nitrogens with one attached hydrogen (secondary N) is 1. The smallest absolute Gasteiger partial charge is 0.224 e. The number of benzene rings is 3. The standard InChI is InChI=1S/C28H25N3O/c1-5-21-8-13-24(14-9-21)26-17-25(23-11-6-19(2)7-12-23)30-28(31-26)29-18-22-10-15-27(32-4)20(3)16-22/h1,6-17H,18H2,2-4H3,(H,29,30,31). The van der Waals surface area contributed by atoms with Gasteiger partial charge < -0.3 is 10.1 Å². The lowest BCUT2D eigenvalue weighted by Gasteiger charge is -2.12. The van der Waals surface area contributed by atoms with Crippen molar-refractivity contribution in [3.8, 4) is 40.6 Å². The molecule has 32 heavy (non-hydrogen) atoms. The average Bonchev–Trinajstić information content (AvgIpc) is 2.83. The minimum atomic E-state index is 0.576. The highest BCUT2D eigenvalue weighted by Gasteiger charge is 2.10. The number of methoxy groups -OCH3 is 1. The minimum Gasteiger partial charge on any atom is -0.496 e. The van der Waals surface area contributed by atoms with Crippen LogP contribution >= 0.6 is 0 Å². The number of ether oxygens (including phenoxy) is 1. The van der Waals surface area contributed by atoms with Crippen LogP contribution in [0, 0.1) is 26.2 Å². The molecule has 0 spiro atoms.